The lowest BCUT2D eigenvalue weighted by atomic mass is 9.91. The topological polar surface area (TPSA) is 151 Å². The molecule has 2 saturated heterocycles. The predicted molar refractivity (Wildman–Crippen MR) is 128 cm³/mol. The van der Waals surface area contributed by atoms with Gasteiger partial charge in [-0.3, -0.25) is 19.2 Å². The summed E-state index contributed by atoms with van der Waals surface area (Å²) in [5, 5.41) is 24.9. The number of halogens is 3. The molecule has 0 atom stereocenters. The van der Waals surface area contributed by atoms with Crippen molar-refractivity contribution in [2.24, 2.45) is 11.7 Å². The molecular formula is C24H32F3N5O5. The third-order valence-electron chi connectivity index (χ3n) is 6.81. The van der Waals surface area contributed by atoms with Gasteiger partial charge in [-0.2, -0.15) is 18.3 Å². The van der Waals surface area contributed by atoms with Crippen molar-refractivity contribution < 1.29 is 37.8 Å². The van der Waals surface area contributed by atoms with E-state index in [0.717, 1.165) is 55.6 Å². The fourth-order valence-corrected chi connectivity index (χ4v) is 4.86. The average Bonchev–Trinajstić information content (AvgIpc) is 3.22. The second-order valence-electron chi connectivity index (χ2n) is 9.44. The summed E-state index contributed by atoms with van der Waals surface area (Å²) in [5.41, 5.74) is 8.14. The number of carbonyl (C=O) groups is 3. The van der Waals surface area contributed by atoms with Crippen LogP contribution in [-0.2, 0) is 16.0 Å². The molecule has 2 aliphatic rings. The Labute approximate surface area is 211 Å². The van der Waals surface area contributed by atoms with E-state index in [4.69, 9.17) is 20.7 Å². The van der Waals surface area contributed by atoms with E-state index in [1.165, 1.54) is 18.4 Å². The maximum absolute atomic E-state index is 12.1. The SMILES string of the molecule is NC(=O)c1nn(C2CCN(CC(=O)O)CC2)c2ccc(CCC3CCNCC3)cc12.O=C(O)C(F)(F)F. The normalized spacial score (nSPS) is 17.8. The van der Waals surface area contributed by atoms with Crippen LogP contribution in [0, 0.1) is 5.92 Å². The number of aryl methyl sites for hydroxylation is 1. The van der Waals surface area contributed by atoms with Crippen molar-refractivity contribution in [3.8, 4) is 0 Å². The standard InChI is InChI=1S/C22H31N5O3.C2HF3O2/c23-22(30)21-18-13-16(2-1-15-5-9-24-10-6-15)3-4-19(18)27(25-21)17-7-11-26(12-8-17)14-20(28)29;3-2(4,5)1(6)7/h3-4,13,15,17,24H,1-2,5-12,14H2,(H2,23,30)(H,28,29);(H,6,7). The zero-order valence-corrected chi connectivity index (χ0v) is 20.3. The van der Waals surface area contributed by atoms with Crippen LogP contribution in [-0.4, -0.2) is 81.6 Å². The molecule has 2 fully saturated rings. The van der Waals surface area contributed by atoms with Gasteiger partial charge < -0.3 is 21.3 Å². The third kappa shape index (κ3) is 7.89. The quantitative estimate of drug-likeness (QED) is 0.429. The van der Waals surface area contributed by atoms with Gasteiger partial charge in [0.25, 0.3) is 5.91 Å². The Morgan fingerprint density at radius 2 is 1.70 bits per heavy atom. The molecule has 4 rings (SSSR count). The molecule has 0 radical (unpaired) electrons. The number of aromatic nitrogens is 2. The number of primary amides is 1. The number of carboxylic acids is 2. The number of hydrogen-bond donors (Lipinski definition) is 4. The maximum Gasteiger partial charge on any atom is 0.490 e. The minimum Gasteiger partial charge on any atom is -0.480 e. The van der Waals surface area contributed by atoms with Crippen LogP contribution in [0.3, 0.4) is 0 Å². The Kier molecular flexibility index (Phi) is 9.49. The molecule has 0 saturated carbocycles. The molecule has 1 aromatic heterocycles. The largest absolute Gasteiger partial charge is 0.490 e. The van der Waals surface area contributed by atoms with Crippen LogP contribution in [0.25, 0.3) is 10.9 Å². The first kappa shape index (κ1) is 28.4. The van der Waals surface area contributed by atoms with Gasteiger partial charge >= 0.3 is 18.1 Å². The number of benzene rings is 1. The van der Waals surface area contributed by atoms with Gasteiger partial charge in [0.1, 0.15) is 0 Å². The smallest absolute Gasteiger partial charge is 0.480 e. The van der Waals surface area contributed by atoms with Gasteiger partial charge in [-0.25, -0.2) is 4.79 Å². The third-order valence-corrected chi connectivity index (χ3v) is 6.81. The van der Waals surface area contributed by atoms with Gasteiger partial charge in [0.2, 0.25) is 0 Å². The van der Waals surface area contributed by atoms with Crippen LogP contribution in [0.15, 0.2) is 18.2 Å². The van der Waals surface area contributed by atoms with Crippen LogP contribution in [0.5, 0.6) is 0 Å². The first-order valence-electron chi connectivity index (χ1n) is 12.2. The maximum atomic E-state index is 12.1. The minimum absolute atomic E-state index is 0.0690. The first-order valence-corrected chi connectivity index (χ1v) is 12.2. The van der Waals surface area contributed by atoms with Crippen molar-refractivity contribution in [3.63, 3.8) is 0 Å². The monoisotopic (exact) mass is 527 g/mol. The lowest BCUT2D eigenvalue weighted by molar-refractivity contribution is -0.192. The first-order chi connectivity index (χ1) is 17.5. The molecule has 5 N–H and O–H groups in total. The number of likely N-dealkylation sites (tertiary alicyclic amines) is 1. The summed E-state index contributed by atoms with van der Waals surface area (Å²) in [5.74, 6) is -3.30. The van der Waals surface area contributed by atoms with Gasteiger partial charge in [0.05, 0.1) is 18.1 Å². The summed E-state index contributed by atoms with van der Waals surface area (Å²) in [6, 6.07) is 6.44. The number of alkyl halides is 3. The van der Waals surface area contributed by atoms with E-state index in [1.807, 2.05) is 9.58 Å². The molecule has 0 bridgehead atoms. The Morgan fingerprint density at radius 1 is 1.08 bits per heavy atom. The van der Waals surface area contributed by atoms with E-state index in [0.29, 0.717) is 18.8 Å². The van der Waals surface area contributed by atoms with Crippen LogP contribution in [0.1, 0.15) is 54.2 Å². The van der Waals surface area contributed by atoms with Gasteiger partial charge in [0.15, 0.2) is 5.69 Å². The summed E-state index contributed by atoms with van der Waals surface area (Å²) in [6.45, 7) is 3.69. The van der Waals surface area contributed by atoms with Crippen LogP contribution >= 0.6 is 0 Å². The van der Waals surface area contributed by atoms with Crippen molar-refractivity contribution in [2.45, 2.75) is 50.7 Å². The molecule has 1 aromatic carbocycles. The molecule has 0 aliphatic carbocycles. The highest BCUT2D eigenvalue weighted by molar-refractivity contribution is 6.04. The summed E-state index contributed by atoms with van der Waals surface area (Å²) in [4.78, 5) is 33.9. The Hall–Kier alpha value is -3.19. The second-order valence-corrected chi connectivity index (χ2v) is 9.44. The predicted octanol–water partition coefficient (Wildman–Crippen LogP) is 2.42. The van der Waals surface area contributed by atoms with Crippen LogP contribution in [0.2, 0.25) is 0 Å². The zero-order chi connectivity index (χ0) is 27.2. The number of piperidine rings is 2. The van der Waals surface area contributed by atoms with Gasteiger partial charge in [-0.1, -0.05) is 6.07 Å². The van der Waals surface area contributed by atoms with Crippen molar-refractivity contribution in [3.05, 3.63) is 29.5 Å². The minimum atomic E-state index is -5.08. The molecule has 204 valence electrons. The number of nitrogens with zero attached hydrogens (tertiary/aromatic N) is 3. The second kappa shape index (κ2) is 12.4. The van der Waals surface area contributed by atoms with Crippen LogP contribution < -0.4 is 11.1 Å². The summed E-state index contributed by atoms with van der Waals surface area (Å²) in [6.07, 6.45) is 1.15. The number of nitrogens with two attached hydrogens (primary N) is 1. The number of fused-ring (bicyclic) bond motifs is 1. The number of nitrogens with one attached hydrogen (secondary N) is 1. The fraction of sp³-hybridized carbons (Fsp3) is 0.583. The molecule has 0 spiro atoms. The summed E-state index contributed by atoms with van der Waals surface area (Å²) < 4.78 is 33.7. The Balaban J connectivity index is 0.000000479. The van der Waals surface area contributed by atoms with Crippen molar-refractivity contribution in [2.75, 3.05) is 32.7 Å². The van der Waals surface area contributed by atoms with E-state index >= 15 is 0 Å². The fourth-order valence-electron chi connectivity index (χ4n) is 4.86. The molecule has 2 aromatic rings. The molecule has 0 unspecified atom stereocenters. The van der Waals surface area contributed by atoms with Gasteiger partial charge in [-0.15, -0.1) is 0 Å². The van der Waals surface area contributed by atoms with E-state index in [1.54, 1.807) is 0 Å². The average molecular weight is 528 g/mol. The molecular weight excluding hydrogens is 495 g/mol. The van der Waals surface area contributed by atoms with Crippen molar-refractivity contribution in [1.29, 1.82) is 0 Å². The number of amides is 1. The van der Waals surface area contributed by atoms with Crippen LogP contribution in [0.4, 0.5) is 13.2 Å². The molecule has 13 heteroatoms. The van der Waals surface area contributed by atoms with E-state index in [2.05, 4.69) is 28.6 Å². The Bertz CT molecular complexity index is 1110. The van der Waals surface area contributed by atoms with E-state index in [-0.39, 0.29) is 12.6 Å². The summed E-state index contributed by atoms with van der Waals surface area (Å²) in [7, 11) is 0. The van der Waals surface area contributed by atoms with Gasteiger partial charge in [0, 0.05) is 18.5 Å². The zero-order valence-electron chi connectivity index (χ0n) is 20.3. The highest BCUT2D eigenvalue weighted by Crippen LogP contribution is 2.29. The molecule has 10 nitrogen and oxygen atoms in total. The highest BCUT2D eigenvalue weighted by Gasteiger charge is 2.38. The highest BCUT2D eigenvalue weighted by atomic mass is 19.4. The summed E-state index contributed by atoms with van der Waals surface area (Å²) >= 11 is 0. The number of carboxylic acid groups (broad SMARTS) is 2. The van der Waals surface area contributed by atoms with Gasteiger partial charge in [-0.05, 0) is 75.2 Å². The lowest BCUT2D eigenvalue weighted by Gasteiger charge is -2.31. The molecule has 2 aliphatic heterocycles. The molecule has 1 amide bonds. The van der Waals surface area contributed by atoms with E-state index in [9.17, 15) is 22.8 Å². The Morgan fingerprint density at radius 3 is 2.24 bits per heavy atom. The molecule has 37 heavy (non-hydrogen) atoms. The lowest BCUT2D eigenvalue weighted by Crippen LogP contribution is -2.38. The van der Waals surface area contributed by atoms with Crippen molar-refractivity contribution >= 4 is 28.7 Å². The number of carbonyl (C=O) groups excluding carboxylic acids is 1. The van der Waals surface area contributed by atoms with E-state index < -0.39 is 24.0 Å². The number of hydrogen-bond acceptors (Lipinski definition) is 6. The number of aliphatic carboxylic acids is 2. The van der Waals surface area contributed by atoms with Crippen molar-refractivity contribution in [1.82, 2.24) is 20.0 Å². The molecule has 3 heterocycles. The number of rotatable bonds is 7.